The predicted octanol–water partition coefficient (Wildman–Crippen LogP) is 3.40. The van der Waals surface area contributed by atoms with E-state index in [4.69, 9.17) is 4.74 Å². The first-order chi connectivity index (χ1) is 14.8. The molecule has 2 aliphatic rings. The third-order valence-corrected chi connectivity index (χ3v) is 9.75. The Kier molecular flexibility index (Phi) is 6.39. The molecule has 2 aliphatic heterocycles. The van der Waals surface area contributed by atoms with Crippen molar-refractivity contribution >= 4 is 20.0 Å². The van der Waals surface area contributed by atoms with Crippen LogP contribution in [0.5, 0.6) is 5.75 Å². The van der Waals surface area contributed by atoms with Crippen LogP contribution in [0.25, 0.3) is 0 Å². The Hall–Kier alpha value is -1.94. The number of ether oxygens (including phenoxy) is 1. The standard InChI is InChI=1S/C22H28N2O5S2/c1-2-29-19-9-7-18(8-10-19)22-6-5-17-24(22)31(27,28)21-13-11-20(12-14-21)30(25,26)23-15-3-4-16-23/h7-14,22H,2-6,15-17H2,1H3. The highest BCUT2D eigenvalue weighted by Crippen LogP contribution is 2.37. The van der Waals surface area contributed by atoms with Crippen LogP contribution >= 0.6 is 0 Å². The highest BCUT2D eigenvalue weighted by Gasteiger charge is 2.36. The van der Waals surface area contributed by atoms with Crippen LogP contribution in [0.2, 0.25) is 0 Å². The van der Waals surface area contributed by atoms with Gasteiger partial charge < -0.3 is 4.74 Å². The molecule has 1 atom stereocenters. The Balaban J connectivity index is 1.57. The van der Waals surface area contributed by atoms with E-state index in [0.717, 1.165) is 37.0 Å². The van der Waals surface area contributed by atoms with Crippen molar-refractivity contribution < 1.29 is 21.6 Å². The van der Waals surface area contributed by atoms with Crippen molar-refractivity contribution in [1.29, 1.82) is 0 Å². The van der Waals surface area contributed by atoms with Gasteiger partial charge in [0.15, 0.2) is 0 Å². The molecule has 2 aromatic carbocycles. The second-order valence-electron chi connectivity index (χ2n) is 7.86. The molecule has 0 saturated carbocycles. The Morgan fingerprint density at radius 1 is 0.806 bits per heavy atom. The highest BCUT2D eigenvalue weighted by atomic mass is 32.2. The number of sulfonamides is 2. The summed E-state index contributed by atoms with van der Waals surface area (Å²) in [6.07, 6.45) is 3.23. The molecule has 4 rings (SSSR count). The van der Waals surface area contributed by atoms with E-state index in [0.29, 0.717) is 26.2 Å². The summed E-state index contributed by atoms with van der Waals surface area (Å²) in [5.74, 6) is 0.758. The van der Waals surface area contributed by atoms with E-state index in [9.17, 15) is 16.8 Å². The van der Waals surface area contributed by atoms with Crippen LogP contribution in [-0.2, 0) is 20.0 Å². The molecule has 9 heteroatoms. The normalized spacial score (nSPS) is 20.9. The number of nitrogens with zero attached hydrogens (tertiary/aromatic N) is 2. The monoisotopic (exact) mass is 464 g/mol. The number of benzene rings is 2. The van der Waals surface area contributed by atoms with Gasteiger partial charge in [0.05, 0.1) is 22.4 Å². The van der Waals surface area contributed by atoms with E-state index >= 15 is 0 Å². The highest BCUT2D eigenvalue weighted by molar-refractivity contribution is 7.89. The summed E-state index contributed by atoms with van der Waals surface area (Å²) >= 11 is 0. The van der Waals surface area contributed by atoms with Gasteiger partial charge >= 0.3 is 0 Å². The Bertz CT molecular complexity index is 1110. The molecule has 0 aliphatic carbocycles. The molecule has 168 valence electrons. The average molecular weight is 465 g/mol. The lowest BCUT2D eigenvalue weighted by Crippen LogP contribution is -2.31. The van der Waals surface area contributed by atoms with E-state index in [1.807, 2.05) is 31.2 Å². The maximum Gasteiger partial charge on any atom is 0.243 e. The van der Waals surface area contributed by atoms with E-state index in [1.54, 1.807) is 0 Å². The zero-order valence-corrected chi connectivity index (χ0v) is 19.2. The van der Waals surface area contributed by atoms with Gasteiger partial charge in [-0.3, -0.25) is 0 Å². The van der Waals surface area contributed by atoms with Crippen molar-refractivity contribution in [3.05, 3.63) is 54.1 Å². The van der Waals surface area contributed by atoms with Crippen molar-refractivity contribution in [2.24, 2.45) is 0 Å². The average Bonchev–Trinajstić information content (AvgIpc) is 3.47. The molecule has 2 heterocycles. The lowest BCUT2D eigenvalue weighted by Gasteiger charge is -2.25. The topological polar surface area (TPSA) is 84.0 Å². The minimum absolute atomic E-state index is 0.116. The van der Waals surface area contributed by atoms with Gasteiger partial charge in [-0.1, -0.05) is 12.1 Å². The van der Waals surface area contributed by atoms with Crippen molar-refractivity contribution in [1.82, 2.24) is 8.61 Å². The van der Waals surface area contributed by atoms with Gasteiger partial charge in [-0.25, -0.2) is 16.8 Å². The fourth-order valence-corrected chi connectivity index (χ4v) is 7.51. The maximum atomic E-state index is 13.3. The molecule has 1 unspecified atom stereocenters. The maximum absolute atomic E-state index is 13.3. The van der Waals surface area contributed by atoms with Crippen LogP contribution < -0.4 is 4.74 Å². The molecular formula is C22H28N2O5S2. The summed E-state index contributed by atoms with van der Waals surface area (Å²) in [5.41, 5.74) is 0.928. The second-order valence-corrected chi connectivity index (χ2v) is 11.7. The summed E-state index contributed by atoms with van der Waals surface area (Å²) in [5, 5.41) is 0. The summed E-state index contributed by atoms with van der Waals surface area (Å²) in [7, 11) is -7.31. The molecule has 2 saturated heterocycles. The summed E-state index contributed by atoms with van der Waals surface area (Å²) < 4.78 is 60.6. The minimum atomic E-state index is -3.74. The lowest BCUT2D eigenvalue weighted by molar-refractivity contribution is 0.339. The van der Waals surface area contributed by atoms with Crippen LogP contribution in [0.1, 0.15) is 44.2 Å². The van der Waals surface area contributed by atoms with Gasteiger partial charge in [0, 0.05) is 19.6 Å². The Morgan fingerprint density at radius 3 is 1.97 bits per heavy atom. The molecule has 0 N–H and O–H groups in total. The van der Waals surface area contributed by atoms with Gasteiger partial charge in [-0.2, -0.15) is 8.61 Å². The predicted molar refractivity (Wildman–Crippen MR) is 118 cm³/mol. The number of hydrogen-bond donors (Lipinski definition) is 0. The lowest BCUT2D eigenvalue weighted by atomic mass is 10.1. The molecule has 0 radical (unpaired) electrons. The van der Waals surface area contributed by atoms with E-state index < -0.39 is 20.0 Å². The van der Waals surface area contributed by atoms with Gasteiger partial charge in [-0.15, -0.1) is 0 Å². The van der Waals surface area contributed by atoms with Crippen LogP contribution in [0, 0.1) is 0 Å². The number of hydrogen-bond acceptors (Lipinski definition) is 5. The fraction of sp³-hybridized carbons (Fsp3) is 0.455. The molecule has 2 aromatic rings. The summed E-state index contributed by atoms with van der Waals surface area (Å²) in [6, 6.07) is 12.9. The molecule has 7 nitrogen and oxygen atoms in total. The van der Waals surface area contributed by atoms with E-state index in [2.05, 4.69) is 0 Å². The largest absolute Gasteiger partial charge is 0.494 e. The van der Waals surface area contributed by atoms with Gasteiger partial charge in [0.1, 0.15) is 5.75 Å². The molecule has 0 aromatic heterocycles. The third kappa shape index (κ3) is 4.37. The molecule has 0 bridgehead atoms. The smallest absolute Gasteiger partial charge is 0.243 e. The van der Waals surface area contributed by atoms with Crippen LogP contribution in [-0.4, -0.2) is 51.7 Å². The van der Waals surface area contributed by atoms with Crippen LogP contribution in [0.15, 0.2) is 58.3 Å². The van der Waals surface area contributed by atoms with Crippen molar-refractivity contribution in [2.45, 2.75) is 48.4 Å². The quantitative estimate of drug-likeness (QED) is 0.627. The fourth-order valence-electron chi connectivity index (χ4n) is 4.31. The van der Waals surface area contributed by atoms with Crippen LogP contribution in [0.3, 0.4) is 0 Å². The first kappa shape index (κ1) is 22.3. The Labute approximate surface area is 184 Å². The Morgan fingerprint density at radius 2 is 1.39 bits per heavy atom. The summed E-state index contributed by atoms with van der Waals surface area (Å²) in [4.78, 5) is 0.253. The molecule has 0 spiro atoms. The zero-order chi connectivity index (χ0) is 22.1. The molecule has 31 heavy (non-hydrogen) atoms. The number of rotatable bonds is 7. The first-order valence-corrected chi connectivity index (χ1v) is 13.6. The SMILES string of the molecule is CCOc1ccc(C2CCCN2S(=O)(=O)c2ccc(S(=O)(=O)N3CCCC3)cc2)cc1. The summed E-state index contributed by atoms with van der Waals surface area (Å²) in [6.45, 7) is 3.96. The zero-order valence-electron chi connectivity index (χ0n) is 17.6. The van der Waals surface area contributed by atoms with Crippen molar-refractivity contribution in [3.63, 3.8) is 0 Å². The first-order valence-electron chi connectivity index (χ1n) is 10.7. The molecule has 0 amide bonds. The third-order valence-electron chi connectivity index (χ3n) is 5.91. The van der Waals surface area contributed by atoms with Crippen molar-refractivity contribution in [3.8, 4) is 5.75 Å². The van der Waals surface area contributed by atoms with Gasteiger partial charge in [-0.05, 0) is 74.6 Å². The van der Waals surface area contributed by atoms with Gasteiger partial charge in [0.25, 0.3) is 0 Å². The minimum Gasteiger partial charge on any atom is -0.494 e. The van der Waals surface area contributed by atoms with Crippen LogP contribution in [0.4, 0.5) is 0 Å². The van der Waals surface area contributed by atoms with E-state index in [-0.39, 0.29) is 15.8 Å². The second kappa shape index (κ2) is 8.90. The van der Waals surface area contributed by atoms with E-state index in [1.165, 1.54) is 32.9 Å². The van der Waals surface area contributed by atoms with Crippen molar-refractivity contribution in [2.75, 3.05) is 26.2 Å². The molecule has 2 fully saturated rings. The van der Waals surface area contributed by atoms with Gasteiger partial charge in [0.2, 0.25) is 20.0 Å². The molecular weight excluding hydrogens is 436 g/mol.